The van der Waals surface area contributed by atoms with Gasteiger partial charge in [0, 0.05) is 69.8 Å². The third-order valence-corrected chi connectivity index (χ3v) is 11.5. The Balaban J connectivity index is 1.65. The van der Waals surface area contributed by atoms with Crippen LogP contribution in [0.25, 0.3) is 0 Å². The molecule has 1 heterocycles. The highest BCUT2D eigenvalue weighted by Crippen LogP contribution is 2.80. The van der Waals surface area contributed by atoms with Crippen molar-refractivity contribution < 1.29 is 39.1 Å². The fourth-order valence-electron chi connectivity index (χ4n) is 11.0. The minimum atomic E-state index is -1.67. The predicted molar refractivity (Wildman–Crippen MR) is 123 cm³/mol. The largest absolute Gasteiger partial charge is 0.462 e. The van der Waals surface area contributed by atoms with Crippen LogP contribution >= 0.6 is 0 Å². The second kappa shape index (κ2) is 7.62. The number of likely N-dealkylation sites (tertiary alicyclic amines) is 1. The maximum Gasteiger partial charge on any atom is 0.302 e. The average Bonchev–Trinajstić information content (AvgIpc) is 3.21. The van der Waals surface area contributed by atoms with Crippen LogP contribution in [0.3, 0.4) is 0 Å². The van der Waals surface area contributed by atoms with Crippen molar-refractivity contribution in [3.63, 3.8) is 0 Å². The molecule has 0 radical (unpaired) electrons. The number of aliphatic hydroxyl groups excluding tert-OH is 1. The van der Waals surface area contributed by atoms with Crippen molar-refractivity contribution in [3.8, 4) is 0 Å². The second-order valence-electron chi connectivity index (χ2n) is 12.3. The van der Waals surface area contributed by atoms with Crippen LogP contribution in [0.15, 0.2) is 0 Å². The standard InChI is InChI=1S/C26H41NO8/c1-6-27-11-23(12-32-3)8-7-17(29)25-15-9-14-16(33-4)10-24(30,18(15)19(14)35-13(2)28)26(31,22(25)27)21(34-5)20(23)25/h14-22,29-31H,6-12H2,1-5H3/t14-,15-,16+,17-,18-,19+,20-,21+,22+,23+,24-,25+,26+/m1/s1. The molecule has 6 fully saturated rings. The number of carbonyl (C=O) groups is 1. The highest BCUT2D eigenvalue weighted by Gasteiger charge is 2.91. The van der Waals surface area contributed by atoms with Gasteiger partial charge in [-0.2, -0.15) is 0 Å². The van der Waals surface area contributed by atoms with Crippen molar-refractivity contribution in [2.75, 3.05) is 41.0 Å². The molecule has 1 saturated heterocycles. The first-order valence-electron chi connectivity index (χ1n) is 13.2. The Morgan fingerprint density at radius 3 is 2.51 bits per heavy atom. The average molecular weight is 496 g/mol. The lowest BCUT2D eigenvalue weighted by Gasteiger charge is -2.69. The molecule has 6 rings (SSSR count). The SMILES string of the molecule is CCN1C[C@]2(COC)CC[C@@H](O)[C@@]34[C@@H]5C[C@H]6[C@H](OC(C)=O)[C@@H]5[C@](O)(C[C@@H]6OC)[C@](O)([C@@H](OC)[C@H]23)[C@@H]14. The van der Waals surface area contributed by atoms with Crippen molar-refractivity contribution >= 4 is 5.97 Å². The molecule has 3 N–H and O–H groups in total. The first-order valence-corrected chi connectivity index (χ1v) is 13.2. The zero-order valence-corrected chi connectivity index (χ0v) is 21.5. The zero-order valence-electron chi connectivity index (χ0n) is 21.5. The van der Waals surface area contributed by atoms with Crippen LogP contribution in [-0.2, 0) is 23.7 Å². The van der Waals surface area contributed by atoms with Crippen molar-refractivity contribution in [3.05, 3.63) is 0 Å². The summed E-state index contributed by atoms with van der Waals surface area (Å²) < 4.78 is 23.8. The maximum absolute atomic E-state index is 13.0. The van der Waals surface area contributed by atoms with Gasteiger partial charge in [-0.3, -0.25) is 9.69 Å². The van der Waals surface area contributed by atoms with Crippen LogP contribution in [0.1, 0.15) is 39.5 Å². The predicted octanol–water partition coefficient (Wildman–Crippen LogP) is 0.188. The molecule has 0 amide bonds. The fraction of sp³-hybridized carbons (Fsp3) is 0.962. The molecular formula is C26H41NO8. The van der Waals surface area contributed by atoms with Crippen LogP contribution in [0.4, 0.5) is 0 Å². The number of rotatable bonds is 6. The lowest BCUT2D eigenvalue weighted by atomic mass is 9.42. The summed E-state index contributed by atoms with van der Waals surface area (Å²) in [5, 5.41) is 37.7. The van der Waals surface area contributed by atoms with Gasteiger partial charge in [0.15, 0.2) is 0 Å². The molecule has 198 valence electrons. The van der Waals surface area contributed by atoms with Gasteiger partial charge in [0.1, 0.15) is 17.3 Å². The van der Waals surface area contributed by atoms with Gasteiger partial charge in [-0.05, 0) is 31.7 Å². The molecule has 1 aliphatic heterocycles. The normalized spacial score (nSPS) is 57.9. The Morgan fingerprint density at radius 1 is 1.17 bits per heavy atom. The first-order chi connectivity index (χ1) is 16.6. The number of aliphatic hydroxyl groups is 3. The van der Waals surface area contributed by atoms with Crippen LogP contribution in [-0.4, -0.2) is 109 Å². The molecule has 0 aromatic rings. The van der Waals surface area contributed by atoms with Crippen molar-refractivity contribution in [2.24, 2.45) is 34.5 Å². The lowest BCUT2D eigenvalue weighted by molar-refractivity contribution is -0.318. The van der Waals surface area contributed by atoms with Crippen molar-refractivity contribution in [1.82, 2.24) is 4.90 Å². The molecule has 6 aliphatic rings. The number of ether oxygens (including phenoxy) is 4. The summed E-state index contributed by atoms with van der Waals surface area (Å²) in [7, 11) is 4.93. The lowest BCUT2D eigenvalue weighted by Crippen LogP contribution is -2.82. The van der Waals surface area contributed by atoms with Crippen LogP contribution < -0.4 is 0 Å². The Bertz CT molecular complexity index is 903. The van der Waals surface area contributed by atoms with E-state index < -0.39 is 52.9 Å². The molecule has 35 heavy (non-hydrogen) atoms. The summed E-state index contributed by atoms with van der Waals surface area (Å²) in [6.07, 6.45) is -0.0360. The van der Waals surface area contributed by atoms with Gasteiger partial charge in [0.2, 0.25) is 0 Å². The molecule has 13 atom stereocenters. The number of likely N-dealkylation sites (N-methyl/N-ethyl adjacent to an activating group) is 1. The number of nitrogens with zero attached hydrogens (tertiary/aromatic N) is 1. The molecule has 0 aromatic heterocycles. The molecule has 0 unspecified atom stereocenters. The van der Waals surface area contributed by atoms with E-state index in [-0.39, 0.29) is 35.7 Å². The Hall–Kier alpha value is -0.810. The van der Waals surface area contributed by atoms with E-state index in [1.807, 2.05) is 0 Å². The van der Waals surface area contributed by atoms with E-state index in [2.05, 4.69) is 11.8 Å². The highest BCUT2D eigenvalue weighted by atomic mass is 16.6. The van der Waals surface area contributed by atoms with Gasteiger partial charge in [-0.15, -0.1) is 0 Å². The van der Waals surface area contributed by atoms with E-state index in [1.165, 1.54) is 6.92 Å². The molecule has 9 nitrogen and oxygen atoms in total. The second-order valence-corrected chi connectivity index (χ2v) is 12.3. The van der Waals surface area contributed by atoms with Crippen molar-refractivity contribution in [2.45, 2.75) is 81.2 Å². The highest BCUT2D eigenvalue weighted by molar-refractivity contribution is 5.66. The number of piperidine rings is 1. The van der Waals surface area contributed by atoms with Gasteiger partial charge >= 0.3 is 5.97 Å². The molecule has 7 bridgehead atoms. The summed E-state index contributed by atoms with van der Waals surface area (Å²) in [5.41, 5.74) is -4.31. The topological polar surface area (TPSA) is 118 Å². The minimum absolute atomic E-state index is 0.0979. The minimum Gasteiger partial charge on any atom is -0.462 e. The van der Waals surface area contributed by atoms with E-state index in [1.54, 1.807) is 21.3 Å². The molecule has 9 heteroatoms. The number of hydrogen-bond donors (Lipinski definition) is 3. The van der Waals surface area contributed by atoms with Gasteiger partial charge in [-0.25, -0.2) is 0 Å². The summed E-state index contributed by atoms with van der Waals surface area (Å²) in [6, 6.07) is -0.478. The van der Waals surface area contributed by atoms with Gasteiger partial charge in [-0.1, -0.05) is 6.92 Å². The zero-order chi connectivity index (χ0) is 25.1. The van der Waals surface area contributed by atoms with Crippen molar-refractivity contribution in [1.29, 1.82) is 0 Å². The third kappa shape index (κ3) is 2.48. The Labute approximate surface area is 207 Å². The fourth-order valence-corrected chi connectivity index (χ4v) is 11.0. The molecule has 5 aliphatic carbocycles. The number of carbonyl (C=O) groups excluding carboxylic acids is 1. The summed E-state index contributed by atoms with van der Waals surface area (Å²) in [4.78, 5) is 14.5. The van der Waals surface area contributed by atoms with E-state index in [0.717, 1.165) is 13.0 Å². The summed E-state index contributed by atoms with van der Waals surface area (Å²) in [5.74, 6) is -1.35. The van der Waals surface area contributed by atoms with Crippen LogP contribution in [0.5, 0.6) is 0 Å². The Morgan fingerprint density at radius 2 is 1.91 bits per heavy atom. The van der Waals surface area contributed by atoms with E-state index in [0.29, 0.717) is 26.0 Å². The van der Waals surface area contributed by atoms with E-state index >= 15 is 0 Å². The smallest absolute Gasteiger partial charge is 0.302 e. The summed E-state index contributed by atoms with van der Waals surface area (Å²) in [6.45, 7) is 5.36. The maximum atomic E-state index is 13.0. The number of hydrogen-bond acceptors (Lipinski definition) is 9. The molecule has 1 spiro atoms. The first kappa shape index (κ1) is 24.5. The monoisotopic (exact) mass is 495 g/mol. The number of methoxy groups -OCH3 is 3. The number of fused-ring (bicyclic) bond motifs is 2. The third-order valence-electron chi connectivity index (χ3n) is 11.5. The molecule has 5 saturated carbocycles. The Kier molecular flexibility index (Phi) is 5.34. The molecular weight excluding hydrogens is 454 g/mol. The quantitative estimate of drug-likeness (QED) is 0.444. The summed E-state index contributed by atoms with van der Waals surface area (Å²) >= 11 is 0. The van der Waals surface area contributed by atoms with Crippen LogP contribution in [0, 0.1) is 34.5 Å². The van der Waals surface area contributed by atoms with E-state index in [4.69, 9.17) is 18.9 Å². The van der Waals surface area contributed by atoms with Gasteiger partial charge in [0.25, 0.3) is 0 Å². The van der Waals surface area contributed by atoms with Gasteiger partial charge in [0.05, 0.1) is 31.0 Å². The molecule has 0 aromatic carbocycles. The number of esters is 1. The van der Waals surface area contributed by atoms with E-state index in [9.17, 15) is 20.1 Å². The van der Waals surface area contributed by atoms with Gasteiger partial charge < -0.3 is 34.3 Å². The van der Waals surface area contributed by atoms with Crippen LogP contribution in [0.2, 0.25) is 0 Å².